The molecular formula is C21H19ClF2O5S. The number of carbonyl (C=O) groups is 1. The highest BCUT2D eigenvalue weighted by Gasteiger charge is 2.62. The third kappa shape index (κ3) is 2.92. The fourth-order valence-corrected chi connectivity index (χ4v) is 7.37. The van der Waals surface area contributed by atoms with Crippen molar-refractivity contribution in [3.05, 3.63) is 58.6 Å². The molecule has 1 saturated carbocycles. The van der Waals surface area contributed by atoms with Crippen molar-refractivity contribution < 1.29 is 31.5 Å². The predicted molar refractivity (Wildman–Crippen MR) is 105 cm³/mol. The van der Waals surface area contributed by atoms with Crippen LogP contribution in [0.5, 0.6) is 5.75 Å². The Balaban J connectivity index is 2.04. The molecule has 3 atom stereocenters. The third-order valence-electron chi connectivity index (χ3n) is 6.14. The van der Waals surface area contributed by atoms with Crippen molar-refractivity contribution in [2.24, 2.45) is 11.8 Å². The number of carbonyl (C=O) groups excluding carboxylic acids is 1. The molecule has 4 rings (SSSR count). The number of fused-ring (bicyclic) bond motifs is 3. The van der Waals surface area contributed by atoms with E-state index < -0.39 is 49.8 Å². The minimum atomic E-state index is -4.28. The molecule has 1 unspecified atom stereocenters. The number of rotatable bonds is 3. The summed E-state index contributed by atoms with van der Waals surface area (Å²) in [4.78, 5) is 12.4. The van der Waals surface area contributed by atoms with Crippen LogP contribution < -0.4 is 4.74 Å². The highest BCUT2D eigenvalue weighted by molar-refractivity contribution is 7.92. The van der Waals surface area contributed by atoms with E-state index in [1.165, 1.54) is 31.4 Å². The number of hydrogen-bond acceptors (Lipinski definition) is 5. The van der Waals surface area contributed by atoms with E-state index in [-0.39, 0.29) is 23.5 Å². The Morgan fingerprint density at radius 3 is 2.50 bits per heavy atom. The van der Waals surface area contributed by atoms with Crippen molar-refractivity contribution in [1.29, 1.82) is 0 Å². The van der Waals surface area contributed by atoms with E-state index in [2.05, 4.69) is 0 Å². The van der Waals surface area contributed by atoms with Gasteiger partial charge in [-0.3, -0.25) is 4.79 Å². The standard InChI is InChI=1S/C21H19ClF2O5S/c1-28-20(25)14-3-2-10-21(30(26,27)13-6-4-12(22)5-7-13)15(14)11-29-19-17(24)9-8-16(23)18(19)21/h4-9,14-15H,2-3,10-11H2,1H3/t14-,15?,21+/m1/s1. The monoisotopic (exact) mass is 456 g/mol. The van der Waals surface area contributed by atoms with E-state index in [1.54, 1.807) is 0 Å². The SMILES string of the molecule is COC(=O)[C@@H]1CCC[C@@]2(S(=O)(=O)c3ccc(Cl)cc3)c3c(F)ccc(F)c3OCC12. The number of esters is 1. The van der Waals surface area contributed by atoms with E-state index in [9.17, 15) is 17.6 Å². The molecule has 160 valence electrons. The van der Waals surface area contributed by atoms with E-state index in [0.29, 0.717) is 17.9 Å². The van der Waals surface area contributed by atoms with Gasteiger partial charge in [0, 0.05) is 10.9 Å². The molecule has 1 aliphatic heterocycles. The molecule has 0 aromatic heterocycles. The maximum atomic E-state index is 15.1. The lowest BCUT2D eigenvalue weighted by Gasteiger charge is -2.49. The molecule has 5 nitrogen and oxygen atoms in total. The van der Waals surface area contributed by atoms with Crippen LogP contribution in [0.1, 0.15) is 24.8 Å². The second-order valence-electron chi connectivity index (χ2n) is 7.52. The first kappa shape index (κ1) is 21.1. The average molecular weight is 457 g/mol. The van der Waals surface area contributed by atoms with E-state index in [0.717, 1.165) is 12.1 Å². The number of sulfone groups is 1. The number of hydrogen-bond donors (Lipinski definition) is 0. The molecule has 0 N–H and O–H groups in total. The summed E-state index contributed by atoms with van der Waals surface area (Å²) >= 11 is 5.91. The Hall–Kier alpha value is -2.19. The molecule has 0 saturated heterocycles. The average Bonchev–Trinajstić information content (AvgIpc) is 2.74. The predicted octanol–water partition coefficient (Wildman–Crippen LogP) is 4.27. The highest BCUT2D eigenvalue weighted by Crippen LogP contribution is 2.58. The first-order chi connectivity index (χ1) is 14.2. The summed E-state index contributed by atoms with van der Waals surface area (Å²) in [5.74, 6) is -4.53. The quantitative estimate of drug-likeness (QED) is 0.645. The van der Waals surface area contributed by atoms with Gasteiger partial charge in [0.05, 0.1) is 30.1 Å². The molecule has 30 heavy (non-hydrogen) atoms. The second-order valence-corrected chi connectivity index (χ2v) is 10.2. The molecule has 0 radical (unpaired) electrons. The number of halogens is 3. The summed E-state index contributed by atoms with van der Waals surface area (Å²) in [6.07, 6.45) is 0.705. The van der Waals surface area contributed by atoms with Gasteiger partial charge < -0.3 is 9.47 Å². The Morgan fingerprint density at radius 2 is 1.83 bits per heavy atom. The summed E-state index contributed by atoms with van der Waals surface area (Å²) in [5, 5.41) is 0.337. The molecule has 2 aromatic rings. The van der Waals surface area contributed by atoms with Crippen LogP contribution in [0.25, 0.3) is 0 Å². The zero-order chi connectivity index (χ0) is 21.7. The molecule has 2 aliphatic rings. The lowest BCUT2D eigenvalue weighted by atomic mass is 9.67. The van der Waals surface area contributed by atoms with Crippen LogP contribution in [0, 0.1) is 23.5 Å². The van der Waals surface area contributed by atoms with Crippen molar-refractivity contribution in [3.63, 3.8) is 0 Å². The molecule has 9 heteroatoms. The maximum absolute atomic E-state index is 15.1. The fraction of sp³-hybridized carbons (Fsp3) is 0.381. The van der Waals surface area contributed by atoms with Crippen molar-refractivity contribution in [1.82, 2.24) is 0 Å². The summed E-state index contributed by atoms with van der Waals surface area (Å²) < 4.78 is 66.2. The van der Waals surface area contributed by atoms with Crippen LogP contribution in [0.3, 0.4) is 0 Å². The van der Waals surface area contributed by atoms with Crippen LogP contribution >= 0.6 is 11.6 Å². The largest absolute Gasteiger partial charge is 0.490 e. The normalized spacial score (nSPS) is 25.6. The minimum Gasteiger partial charge on any atom is -0.490 e. The zero-order valence-electron chi connectivity index (χ0n) is 16.0. The molecule has 1 heterocycles. The Morgan fingerprint density at radius 1 is 1.17 bits per heavy atom. The van der Waals surface area contributed by atoms with Gasteiger partial charge in [-0.05, 0) is 49.2 Å². The van der Waals surface area contributed by atoms with E-state index >= 15 is 4.39 Å². The Bertz CT molecular complexity index is 1100. The first-order valence-electron chi connectivity index (χ1n) is 9.43. The lowest BCUT2D eigenvalue weighted by molar-refractivity contribution is -0.150. The van der Waals surface area contributed by atoms with Crippen LogP contribution in [0.2, 0.25) is 5.02 Å². The van der Waals surface area contributed by atoms with Gasteiger partial charge in [-0.1, -0.05) is 18.0 Å². The zero-order valence-corrected chi connectivity index (χ0v) is 17.6. The molecule has 0 bridgehead atoms. The van der Waals surface area contributed by atoms with Gasteiger partial charge in [-0.2, -0.15) is 0 Å². The van der Waals surface area contributed by atoms with Crippen LogP contribution in [-0.4, -0.2) is 28.1 Å². The van der Waals surface area contributed by atoms with Gasteiger partial charge >= 0.3 is 5.97 Å². The summed E-state index contributed by atoms with van der Waals surface area (Å²) in [6.45, 7) is -0.250. The number of ether oxygens (including phenoxy) is 2. The molecule has 2 aromatic carbocycles. The van der Waals surface area contributed by atoms with Crippen LogP contribution in [-0.2, 0) is 24.1 Å². The van der Waals surface area contributed by atoms with Gasteiger partial charge in [0.15, 0.2) is 21.4 Å². The summed E-state index contributed by atoms with van der Waals surface area (Å²) in [6, 6.07) is 7.29. The van der Waals surface area contributed by atoms with Crippen molar-refractivity contribution in [2.75, 3.05) is 13.7 Å². The van der Waals surface area contributed by atoms with Gasteiger partial charge in [0.1, 0.15) is 10.6 Å². The summed E-state index contributed by atoms with van der Waals surface area (Å²) in [5.41, 5.74) is -0.359. The van der Waals surface area contributed by atoms with Gasteiger partial charge in [-0.25, -0.2) is 17.2 Å². The third-order valence-corrected chi connectivity index (χ3v) is 8.96. The van der Waals surface area contributed by atoms with E-state index in [1.807, 2.05) is 0 Å². The molecule has 0 amide bonds. The molecule has 1 aliphatic carbocycles. The Labute approximate surface area is 177 Å². The molecule has 0 spiro atoms. The first-order valence-corrected chi connectivity index (χ1v) is 11.3. The minimum absolute atomic E-state index is 0.0207. The van der Waals surface area contributed by atoms with E-state index in [4.69, 9.17) is 21.1 Å². The maximum Gasteiger partial charge on any atom is 0.309 e. The van der Waals surface area contributed by atoms with Gasteiger partial charge in [-0.15, -0.1) is 0 Å². The Kier molecular flexibility index (Phi) is 5.26. The smallest absolute Gasteiger partial charge is 0.309 e. The van der Waals surface area contributed by atoms with Crippen molar-refractivity contribution >= 4 is 27.4 Å². The van der Waals surface area contributed by atoms with Crippen LogP contribution in [0.4, 0.5) is 8.78 Å². The highest BCUT2D eigenvalue weighted by atomic mass is 35.5. The second kappa shape index (κ2) is 7.50. The van der Waals surface area contributed by atoms with Crippen LogP contribution in [0.15, 0.2) is 41.3 Å². The van der Waals surface area contributed by atoms with Crippen molar-refractivity contribution in [3.8, 4) is 5.75 Å². The number of methoxy groups -OCH3 is 1. The molecular weight excluding hydrogens is 438 g/mol. The van der Waals surface area contributed by atoms with Gasteiger partial charge in [0.2, 0.25) is 0 Å². The van der Waals surface area contributed by atoms with Crippen molar-refractivity contribution in [2.45, 2.75) is 28.9 Å². The summed E-state index contributed by atoms with van der Waals surface area (Å²) in [7, 11) is -3.07. The lowest BCUT2D eigenvalue weighted by Crippen LogP contribution is -2.55. The fourth-order valence-electron chi connectivity index (χ4n) is 4.82. The molecule has 1 fully saturated rings. The van der Waals surface area contributed by atoms with Gasteiger partial charge in [0.25, 0.3) is 0 Å². The topological polar surface area (TPSA) is 69.7 Å². The number of benzene rings is 2.